The zero-order valence-corrected chi connectivity index (χ0v) is 9.58. The monoisotopic (exact) mass is 234 g/mol. The van der Waals surface area contributed by atoms with E-state index in [4.69, 9.17) is 11.6 Å². The molecule has 0 bridgehead atoms. The molecule has 2 rings (SSSR count). The summed E-state index contributed by atoms with van der Waals surface area (Å²) >= 11 is 6.04. The second-order valence-electron chi connectivity index (χ2n) is 3.60. The van der Waals surface area contributed by atoms with E-state index in [9.17, 15) is 4.79 Å². The molecule has 0 spiro atoms. The maximum absolute atomic E-state index is 11.2. The normalized spacial score (nSPS) is 18.2. The highest BCUT2D eigenvalue weighted by atomic mass is 35.5. The van der Waals surface area contributed by atoms with Crippen LogP contribution in [0.1, 0.15) is 18.9 Å². The van der Waals surface area contributed by atoms with Gasteiger partial charge in [-0.1, -0.05) is 29.8 Å². The average molecular weight is 235 g/mol. The summed E-state index contributed by atoms with van der Waals surface area (Å²) in [6.45, 7) is 1.86. The predicted octanol–water partition coefficient (Wildman–Crippen LogP) is 2.62. The molecular weight excluding hydrogens is 224 g/mol. The van der Waals surface area contributed by atoms with E-state index in [1.54, 1.807) is 0 Å². The quantitative estimate of drug-likeness (QED) is 0.798. The first-order valence-electron chi connectivity index (χ1n) is 4.95. The maximum Gasteiger partial charge on any atom is 0.244 e. The molecule has 0 saturated carbocycles. The van der Waals surface area contributed by atoms with Crippen LogP contribution in [0, 0.1) is 0 Å². The van der Waals surface area contributed by atoms with Crippen molar-refractivity contribution in [2.24, 2.45) is 5.10 Å². The summed E-state index contributed by atoms with van der Waals surface area (Å²) in [6, 6.07) is 7.52. The van der Waals surface area contributed by atoms with Crippen LogP contribution < -0.4 is 5.43 Å². The van der Waals surface area contributed by atoms with Crippen molar-refractivity contribution in [2.75, 3.05) is 0 Å². The van der Waals surface area contributed by atoms with Gasteiger partial charge < -0.3 is 0 Å². The number of nitrogens with one attached hydrogen (secondary N) is 1. The van der Waals surface area contributed by atoms with E-state index in [0.717, 1.165) is 16.8 Å². The Morgan fingerprint density at radius 3 is 2.94 bits per heavy atom. The molecule has 1 aliphatic rings. The van der Waals surface area contributed by atoms with Crippen LogP contribution in [0.2, 0.25) is 5.02 Å². The van der Waals surface area contributed by atoms with Gasteiger partial charge in [-0.3, -0.25) is 4.79 Å². The molecule has 1 aromatic rings. The number of hydrazone groups is 1. The standard InChI is InChI=1S/C12H11ClN2O/c1-8-10(7-12(16)15-14-8)6-9-4-2-3-5-11(9)13/h2-6H,7H2,1H3,(H,15,16)/b10-6+. The minimum atomic E-state index is -0.0936. The van der Waals surface area contributed by atoms with E-state index in [0.29, 0.717) is 11.4 Å². The number of hydrogen-bond donors (Lipinski definition) is 1. The molecule has 0 atom stereocenters. The summed E-state index contributed by atoms with van der Waals surface area (Å²) in [7, 11) is 0. The third-order valence-corrected chi connectivity index (χ3v) is 2.74. The van der Waals surface area contributed by atoms with Crippen LogP contribution in [0.5, 0.6) is 0 Å². The van der Waals surface area contributed by atoms with Gasteiger partial charge in [0.25, 0.3) is 0 Å². The van der Waals surface area contributed by atoms with Crippen molar-refractivity contribution in [3.8, 4) is 0 Å². The number of nitrogens with zero attached hydrogens (tertiary/aromatic N) is 1. The molecule has 1 amide bonds. The smallest absolute Gasteiger partial charge is 0.244 e. The Hall–Kier alpha value is -1.61. The summed E-state index contributed by atoms with van der Waals surface area (Å²) in [5.74, 6) is -0.0936. The van der Waals surface area contributed by atoms with Crippen LogP contribution in [0.4, 0.5) is 0 Å². The zero-order valence-electron chi connectivity index (χ0n) is 8.83. The third kappa shape index (κ3) is 2.31. The van der Waals surface area contributed by atoms with Crippen LogP contribution in [0.15, 0.2) is 34.9 Å². The van der Waals surface area contributed by atoms with E-state index in [1.165, 1.54) is 0 Å². The van der Waals surface area contributed by atoms with Crippen LogP contribution in [0.3, 0.4) is 0 Å². The predicted molar refractivity (Wildman–Crippen MR) is 65.3 cm³/mol. The summed E-state index contributed by atoms with van der Waals surface area (Å²) in [4.78, 5) is 11.2. The van der Waals surface area contributed by atoms with Gasteiger partial charge in [0.1, 0.15) is 0 Å². The van der Waals surface area contributed by atoms with Crippen molar-refractivity contribution in [1.29, 1.82) is 0 Å². The third-order valence-electron chi connectivity index (χ3n) is 2.40. The van der Waals surface area contributed by atoms with Gasteiger partial charge in [-0.25, -0.2) is 5.43 Å². The van der Waals surface area contributed by atoms with Gasteiger partial charge >= 0.3 is 0 Å². The number of rotatable bonds is 1. The van der Waals surface area contributed by atoms with Crippen LogP contribution >= 0.6 is 11.6 Å². The molecule has 1 aliphatic heterocycles. The fourth-order valence-electron chi connectivity index (χ4n) is 1.49. The summed E-state index contributed by atoms with van der Waals surface area (Å²) in [6.07, 6.45) is 2.25. The second-order valence-corrected chi connectivity index (χ2v) is 4.01. The Balaban J connectivity index is 2.37. The van der Waals surface area contributed by atoms with Gasteiger partial charge in [-0.15, -0.1) is 0 Å². The van der Waals surface area contributed by atoms with Crippen molar-refractivity contribution in [2.45, 2.75) is 13.3 Å². The number of carbonyl (C=O) groups excluding carboxylic acids is 1. The minimum absolute atomic E-state index is 0.0936. The molecule has 0 saturated heterocycles. The highest BCUT2D eigenvalue weighted by Gasteiger charge is 2.14. The van der Waals surface area contributed by atoms with Crippen molar-refractivity contribution in [3.63, 3.8) is 0 Å². The lowest BCUT2D eigenvalue weighted by Crippen LogP contribution is -2.26. The molecule has 0 aromatic heterocycles. The highest BCUT2D eigenvalue weighted by molar-refractivity contribution is 6.32. The second kappa shape index (κ2) is 4.49. The van der Waals surface area contributed by atoms with Crippen molar-refractivity contribution >= 4 is 29.3 Å². The molecule has 82 valence electrons. The Morgan fingerprint density at radius 1 is 1.44 bits per heavy atom. The number of amides is 1. The number of halogens is 1. The van der Waals surface area contributed by atoms with Crippen molar-refractivity contribution < 1.29 is 4.79 Å². The van der Waals surface area contributed by atoms with E-state index < -0.39 is 0 Å². The van der Waals surface area contributed by atoms with Crippen molar-refractivity contribution in [1.82, 2.24) is 5.43 Å². The average Bonchev–Trinajstić information content (AvgIpc) is 2.27. The summed E-state index contributed by atoms with van der Waals surface area (Å²) in [5.41, 5.74) is 5.06. The van der Waals surface area contributed by atoms with Crippen LogP contribution in [0.25, 0.3) is 6.08 Å². The summed E-state index contributed by atoms with van der Waals surface area (Å²) < 4.78 is 0. The Bertz CT molecular complexity index is 492. The van der Waals surface area contributed by atoms with E-state index in [2.05, 4.69) is 10.5 Å². The topological polar surface area (TPSA) is 41.5 Å². The van der Waals surface area contributed by atoms with Gasteiger partial charge in [-0.05, 0) is 30.2 Å². The lowest BCUT2D eigenvalue weighted by atomic mass is 10.0. The molecule has 3 nitrogen and oxygen atoms in total. The number of carbonyl (C=O) groups is 1. The largest absolute Gasteiger partial charge is 0.273 e. The Morgan fingerprint density at radius 2 is 2.19 bits per heavy atom. The minimum Gasteiger partial charge on any atom is -0.273 e. The van der Waals surface area contributed by atoms with Gasteiger partial charge in [0.15, 0.2) is 0 Å². The van der Waals surface area contributed by atoms with E-state index >= 15 is 0 Å². The maximum atomic E-state index is 11.2. The number of hydrogen-bond acceptors (Lipinski definition) is 2. The first-order chi connectivity index (χ1) is 7.66. The molecule has 4 heteroatoms. The van der Waals surface area contributed by atoms with Gasteiger partial charge in [0.2, 0.25) is 5.91 Å². The van der Waals surface area contributed by atoms with Crippen molar-refractivity contribution in [3.05, 3.63) is 40.4 Å². The molecule has 1 N–H and O–H groups in total. The van der Waals surface area contributed by atoms with Gasteiger partial charge in [-0.2, -0.15) is 5.10 Å². The fourth-order valence-corrected chi connectivity index (χ4v) is 1.68. The van der Waals surface area contributed by atoms with E-state index in [-0.39, 0.29) is 5.91 Å². The molecule has 16 heavy (non-hydrogen) atoms. The molecule has 1 aromatic carbocycles. The molecule has 0 fully saturated rings. The molecule has 0 unspecified atom stereocenters. The first-order valence-corrected chi connectivity index (χ1v) is 5.33. The fraction of sp³-hybridized carbons (Fsp3) is 0.167. The Kier molecular flexibility index (Phi) is 3.06. The lowest BCUT2D eigenvalue weighted by Gasteiger charge is -2.12. The summed E-state index contributed by atoms with van der Waals surface area (Å²) in [5, 5.41) is 4.60. The first kappa shape index (κ1) is 10.9. The number of benzene rings is 1. The molecule has 1 heterocycles. The molecular formula is C12H11ClN2O. The zero-order chi connectivity index (χ0) is 11.5. The Labute approximate surface area is 98.8 Å². The van der Waals surface area contributed by atoms with Crippen LogP contribution in [-0.2, 0) is 4.79 Å². The SMILES string of the molecule is CC1=NNC(=O)C/C1=C\c1ccccc1Cl. The molecule has 0 radical (unpaired) electrons. The lowest BCUT2D eigenvalue weighted by molar-refractivity contribution is -0.120. The van der Waals surface area contributed by atoms with Crippen LogP contribution in [-0.4, -0.2) is 11.6 Å². The van der Waals surface area contributed by atoms with E-state index in [1.807, 2.05) is 37.3 Å². The van der Waals surface area contributed by atoms with Gasteiger partial charge in [0, 0.05) is 5.02 Å². The molecule has 0 aliphatic carbocycles. The highest BCUT2D eigenvalue weighted by Crippen LogP contribution is 2.20. The van der Waals surface area contributed by atoms with Gasteiger partial charge in [0.05, 0.1) is 12.1 Å².